The minimum Gasteiger partial charge on any atom is -0.333 e. The summed E-state index contributed by atoms with van der Waals surface area (Å²) in [6.45, 7) is 7.41. The van der Waals surface area contributed by atoms with E-state index in [9.17, 15) is 0 Å². The first-order chi connectivity index (χ1) is 12.1. The predicted molar refractivity (Wildman–Crippen MR) is 101 cm³/mol. The smallest absolute Gasteiger partial charge is 0.158 e. The highest BCUT2D eigenvalue weighted by Gasteiger charge is 2.27. The summed E-state index contributed by atoms with van der Waals surface area (Å²) in [7, 11) is 2.00. The minimum atomic E-state index is 0.402. The van der Waals surface area contributed by atoms with E-state index in [0.717, 1.165) is 49.1 Å². The minimum absolute atomic E-state index is 0.402. The summed E-state index contributed by atoms with van der Waals surface area (Å²) in [5.41, 5.74) is 3.33. The monoisotopic (exact) mass is 353 g/mol. The van der Waals surface area contributed by atoms with E-state index in [1.54, 1.807) is 0 Å². The molecule has 0 aromatic carbocycles. The molecule has 1 fully saturated rings. The van der Waals surface area contributed by atoms with E-state index in [1.807, 2.05) is 48.3 Å². The van der Waals surface area contributed by atoms with Gasteiger partial charge in [0.05, 0.1) is 0 Å². The largest absolute Gasteiger partial charge is 0.333 e. The molecule has 130 valence electrons. The van der Waals surface area contributed by atoms with Crippen molar-refractivity contribution in [1.82, 2.24) is 24.4 Å². The number of thiophene rings is 1. The van der Waals surface area contributed by atoms with Crippen LogP contribution < -0.4 is 0 Å². The van der Waals surface area contributed by atoms with E-state index >= 15 is 0 Å². The Kier molecular flexibility index (Phi) is 4.39. The highest BCUT2D eigenvalue weighted by molar-refractivity contribution is 7.10. The van der Waals surface area contributed by atoms with Crippen LogP contribution in [0.3, 0.4) is 0 Å². The van der Waals surface area contributed by atoms with Crippen molar-refractivity contribution in [3.8, 4) is 11.5 Å². The topological polar surface area (TPSA) is 46.8 Å². The Labute approximate surface area is 152 Å². The molecule has 1 aliphatic rings. The van der Waals surface area contributed by atoms with Gasteiger partial charge in [-0.05, 0) is 49.9 Å². The first-order valence-electron chi connectivity index (χ1n) is 8.69. The van der Waals surface area contributed by atoms with Gasteiger partial charge in [-0.15, -0.1) is 11.3 Å². The van der Waals surface area contributed by atoms with Crippen LogP contribution in [0.4, 0.5) is 0 Å². The molecule has 0 radical (unpaired) electrons. The van der Waals surface area contributed by atoms with Crippen molar-refractivity contribution in [2.24, 2.45) is 7.05 Å². The van der Waals surface area contributed by atoms with Crippen LogP contribution in [-0.4, -0.2) is 37.5 Å². The summed E-state index contributed by atoms with van der Waals surface area (Å²) in [6, 6.07) is 4.23. The van der Waals surface area contributed by atoms with Gasteiger partial charge in [-0.2, -0.15) is 0 Å². The molecule has 1 aliphatic heterocycles. The Morgan fingerprint density at radius 1 is 1.28 bits per heavy atom. The molecule has 25 heavy (non-hydrogen) atoms. The Morgan fingerprint density at radius 2 is 2.16 bits per heavy atom. The molecule has 4 rings (SSSR count). The average Bonchev–Trinajstić information content (AvgIpc) is 3.30. The summed E-state index contributed by atoms with van der Waals surface area (Å²) in [6.07, 6.45) is 4.88. The zero-order chi connectivity index (χ0) is 17.4. The van der Waals surface area contributed by atoms with Crippen LogP contribution in [0.1, 0.15) is 34.3 Å². The van der Waals surface area contributed by atoms with Gasteiger partial charge in [0.2, 0.25) is 0 Å². The lowest BCUT2D eigenvalue weighted by molar-refractivity contribution is 0.328. The third-order valence-electron chi connectivity index (χ3n) is 4.89. The average molecular weight is 353 g/mol. The van der Waals surface area contributed by atoms with E-state index < -0.39 is 0 Å². The second-order valence-electron chi connectivity index (χ2n) is 6.86. The van der Waals surface area contributed by atoms with Crippen LogP contribution in [0.25, 0.3) is 11.5 Å². The lowest BCUT2D eigenvalue weighted by Crippen LogP contribution is -2.20. The van der Waals surface area contributed by atoms with E-state index in [4.69, 9.17) is 9.97 Å². The number of likely N-dealkylation sites (tertiary alicyclic amines) is 1. The number of nitrogens with zero attached hydrogens (tertiary/aromatic N) is 5. The van der Waals surface area contributed by atoms with Gasteiger partial charge in [0.25, 0.3) is 0 Å². The summed E-state index contributed by atoms with van der Waals surface area (Å²) in [4.78, 5) is 18.0. The third-order valence-corrected chi connectivity index (χ3v) is 5.90. The van der Waals surface area contributed by atoms with Crippen LogP contribution in [-0.2, 0) is 13.6 Å². The Morgan fingerprint density at radius 3 is 2.88 bits per heavy atom. The maximum absolute atomic E-state index is 4.85. The van der Waals surface area contributed by atoms with Crippen molar-refractivity contribution >= 4 is 11.3 Å². The highest BCUT2D eigenvalue weighted by Crippen LogP contribution is 2.29. The zero-order valence-corrected chi connectivity index (χ0v) is 15.8. The number of aromatic nitrogens is 4. The summed E-state index contributed by atoms with van der Waals surface area (Å²) >= 11 is 1.85. The van der Waals surface area contributed by atoms with E-state index in [0.29, 0.717) is 5.92 Å². The summed E-state index contributed by atoms with van der Waals surface area (Å²) < 4.78 is 2.01. The van der Waals surface area contributed by atoms with E-state index in [1.165, 1.54) is 10.4 Å². The highest BCUT2D eigenvalue weighted by atomic mass is 32.1. The first-order valence-corrected chi connectivity index (χ1v) is 9.56. The number of hydrogen-bond donors (Lipinski definition) is 0. The number of aryl methyl sites for hydroxylation is 3. The molecule has 6 heteroatoms. The summed E-state index contributed by atoms with van der Waals surface area (Å²) in [5, 5.41) is 2.18. The van der Waals surface area contributed by atoms with Gasteiger partial charge >= 0.3 is 0 Å². The second-order valence-corrected chi connectivity index (χ2v) is 7.86. The van der Waals surface area contributed by atoms with Gasteiger partial charge in [0.15, 0.2) is 5.82 Å². The van der Waals surface area contributed by atoms with Gasteiger partial charge in [0, 0.05) is 49.0 Å². The molecule has 5 nitrogen and oxygen atoms in total. The van der Waals surface area contributed by atoms with E-state index in [2.05, 4.69) is 28.3 Å². The lowest BCUT2D eigenvalue weighted by atomic mass is 10.1. The van der Waals surface area contributed by atoms with Gasteiger partial charge in [0.1, 0.15) is 11.5 Å². The normalized spacial score (nSPS) is 18.1. The molecule has 0 unspecified atom stereocenters. The Hall–Kier alpha value is -2.05. The van der Waals surface area contributed by atoms with Crippen molar-refractivity contribution in [3.05, 3.63) is 51.9 Å². The van der Waals surface area contributed by atoms with Crippen molar-refractivity contribution in [2.45, 2.75) is 32.7 Å². The molecule has 1 saturated heterocycles. The number of hydrogen-bond acceptors (Lipinski definition) is 5. The lowest BCUT2D eigenvalue weighted by Gasteiger charge is -2.16. The van der Waals surface area contributed by atoms with Gasteiger partial charge in [-0.3, -0.25) is 4.90 Å². The van der Waals surface area contributed by atoms with Gasteiger partial charge in [-0.25, -0.2) is 15.0 Å². The molecular formula is C19H23N5S. The second kappa shape index (κ2) is 6.69. The third kappa shape index (κ3) is 3.37. The fourth-order valence-electron chi connectivity index (χ4n) is 3.46. The Balaban J connectivity index is 1.54. The van der Waals surface area contributed by atoms with Crippen molar-refractivity contribution < 1.29 is 0 Å². The maximum Gasteiger partial charge on any atom is 0.158 e. The van der Waals surface area contributed by atoms with Gasteiger partial charge in [-0.1, -0.05) is 0 Å². The molecular weight excluding hydrogens is 330 g/mol. The van der Waals surface area contributed by atoms with Gasteiger partial charge < -0.3 is 4.57 Å². The molecule has 0 saturated carbocycles. The standard InChI is InChI=1S/C19H23N5S/c1-13-5-9-25-17(13)12-24-7-4-15(11-24)18-21-14(2)10-16(22-18)19-20-6-8-23(19)3/h5-6,8-10,15H,4,7,11-12H2,1-3H3/t15-/m1/s1. The van der Waals surface area contributed by atoms with E-state index in [-0.39, 0.29) is 0 Å². The molecule has 4 heterocycles. The van der Waals surface area contributed by atoms with Crippen molar-refractivity contribution in [2.75, 3.05) is 13.1 Å². The van der Waals surface area contributed by atoms with Crippen LogP contribution >= 0.6 is 11.3 Å². The number of rotatable bonds is 4. The fourth-order valence-corrected chi connectivity index (χ4v) is 4.40. The molecule has 3 aromatic heterocycles. The predicted octanol–water partition coefficient (Wildman–Crippen LogP) is 3.54. The quantitative estimate of drug-likeness (QED) is 0.720. The van der Waals surface area contributed by atoms with Crippen LogP contribution in [0.5, 0.6) is 0 Å². The molecule has 0 N–H and O–H groups in total. The molecule has 0 aliphatic carbocycles. The molecule has 0 spiro atoms. The van der Waals surface area contributed by atoms with Crippen molar-refractivity contribution in [3.63, 3.8) is 0 Å². The number of imidazole rings is 1. The van der Waals surface area contributed by atoms with Crippen molar-refractivity contribution in [1.29, 1.82) is 0 Å². The fraction of sp³-hybridized carbons (Fsp3) is 0.421. The molecule has 0 bridgehead atoms. The van der Waals surface area contributed by atoms with Crippen LogP contribution in [0.15, 0.2) is 29.9 Å². The molecule has 0 amide bonds. The Bertz CT molecular complexity index is 882. The van der Waals surface area contributed by atoms with Crippen LogP contribution in [0, 0.1) is 13.8 Å². The zero-order valence-electron chi connectivity index (χ0n) is 14.9. The molecule has 3 aromatic rings. The SMILES string of the molecule is Cc1cc(-c2nccn2C)nc([C@@H]2CCN(Cc3sccc3C)C2)n1. The molecule has 1 atom stereocenters. The maximum atomic E-state index is 4.85. The first kappa shape index (κ1) is 16.4. The summed E-state index contributed by atoms with van der Waals surface area (Å²) in [5.74, 6) is 2.26. The van der Waals surface area contributed by atoms with Crippen LogP contribution in [0.2, 0.25) is 0 Å².